The summed E-state index contributed by atoms with van der Waals surface area (Å²) in [6.07, 6.45) is 0.0856. The molecule has 0 amide bonds. The van der Waals surface area contributed by atoms with Crippen LogP contribution in [-0.2, 0) is 9.53 Å². The van der Waals surface area contributed by atoms with Gasteiger partial charge in [-0.3, -0.25) is 4.79 Å². The molecule has 1 rings (SSSR count). The third-order valence-corrected chi connectivity index (χ3v) is 2.19. The Labute approximate surface area is 61.6 Å². The lowest BCUT2D eigenvalue weighted by Gasteiger charge is -2.14. The van der Waals surface area contributed by atoms with Crippen molar-refractivity contribution in [3.05, 3.63) is 0 Å². The third-order valence-electron chi connectivity index (χ3n) is 2.19. The summed E-state index contributed by atoms with van der Waals surface area (Å²) in [4.78, 5) is 11.3. The Kier molecular flexibility index (Phi) is 1.59. The Bertz CT molecular complexity index is 161. The fourth-order valence-electron chi connectivity index (χ4n) is 1.39. The van der Waals surface area contributed by atoms with Gasteiger partial charge in [0.15, 0.2) is 5.78 Å². The molecule has 2 heteroatoms. The molecule has 1 aliphatic heterocycles. The Balaban J connectivity index is 2.82. The van der Waals surface area contributed by atoms with Crippen LogP contribution in [0.4, 0.5) is 0 Å². The van der Waals surface area contributed by atoms with Crippen LogP contribution in [0, 0.1) is 5.92 Å². The highest BCUT2D eigenvalue weighted by atomic mass is 16.5. The van der Waals surface area contributed by atoms with Gasteiger partial charge in [-0.15, -0.1) is 0 Å². The molecule has 2 atom stereocenters. The molecule has 0 N–H and O–H groups in total. The van der Waals surface area contributed by atoms with Gasteiger partial charge in [-0.1, -0.05) is 6.92 Å². The SMILES string of the molecule is CC1C(=O)C(C)(C)O[C@@H]1C. The van der Waals surface area contributed by atoms with Gasteiger partial charge in [-0.2, -0.15) is 0 Å². The predicted octanol–water partition coefficient (Wildman–Crippen LogP) is 1.39. The minimum Gasteiger partial charge on any atom is -0.364 e. The molecule has 2 nitrogen and oxygen atoms in total. The number of ether oxygens (including phenoxy) is 1. The van der Waals surface area contributed by atoms with Crippen LogP contribution in [-0.4, -0.2) is 17.5 Å². The largest absolute Gasteiger partial charge is 0.364 e. The standard InChI is InChI=1S/C8H14O2/c1-5-6(2)10-8(3,4)7(5)9/h5-6H,1-4H3/t5?,6-/m1/s1. The second kappa shape index (κ2) is 2.06. The quantitative estimate of drug-likeness (QED) is 0.511. The number of hydrogen-bond acceptors (Lipinski definition) is 2. The monoisotopic (exact) mass is 142 g/mol. The summed E-state index contributed by atoms with van der Waals surface area (Å²) in [6, 6.07) is 0. The average Bonchev–Trinajstić information content (AvgIpc) is 1.95. The Morgan fingerprint density at radius 2 is 1.90 bits per heavy atom. The molecule has 0 aromatic rings. The van der Waals surface area contributed by atoms with Crippen molar-refractivity contribution in [3.8, 4) is 0 Å². The molecular formula is C8H14O2. The highest BCUT2D eigenvalue weighted by Gasteiger charge is 2.43. The number of Topliss-reactive ketones (excluding diaryl/α,β-unsaturated/α-hetero) is 1. The highest BCUT2D eigenvalue weighted by molar-refractivity contribution is 5.90. The second-order valence-corrected chi connectivity index (χ2v) is 3.49. The topological polar surface area (TPSA) is 26.3 Å². The molecule has 0 spiro atoms. The van der Waals surface area contributed by atoms with Gasteiger partial charge in [0.05, 0.1) is 6.10 Å². The molecule has 1 heterocycles. The lowest BCUT2D eigenvalue weighted by molar-refractivity contribution is -0.130. The van der Waals surface area contributed by atoms with E-state index >= 15 is 0 Å². The van der Waals surface area contributed by atoms with Gasteiger partial charge in [0, 0.05) is 5.92 Å². The van der Waals surface area contributed by atoms with Crippen LogP contribution in [0.3, 0.4) is 0 Å². The molecule has 0 saturated carbocycles. The first-order valence-electron chi connectivity index (χ1n) is 3.67. The summed E-state index contributed by atoms with van der Waals surface area (Å²) in [5, 5.41) is 0. The van der Waals surface area contributed by atoms with Gasteiger partial charge in [0.25, 0.3) is 0 Å². The van der Waals surface area contributed by atoms with E-state index in [0.29, 0.717) is 0 Å². The van der Waals surface area contributed by atoms with Crippen molar-refractivity contribution in [1.82, 2.24) is 0 Å². The molecule has 58 valence electrons. The smallest absolute Gasteiger partial charge is 0.169 e. The van der Waals surface area contributed by atoms with Crippen LogP contribution in [0.25, 0.3) is 0 Å². The molecular weight excluding hydrogens is 128 g/mol. The van der Waals surface area contributed by atoms with E-state index < -0.39 is 5.60 Å². The zero-order chi connectivity index (χ0) is 7.94. The first-order chi connectivity index (χ1) is 4.45. The fraction of sp³-hybridized carbons (Fsp3) is 0.875. The predicted molar refractivity (Wildman–Crippen MR) is 38.8 cm³/mol. The lowest BCUT2D eigenvalue weighted by atomic mass is 9.95. The van der Waals surface area contributed by atoms with Crippen molar-refractivity contribution in [2.24, 2.45) is 5.92 Å². The Morgan fingerprint density at radius 3 is 2.00 bits per heavy atom. The molecule has 0 aromatic heterocycles. The van der Waals surface area contributed by atoms with Crippen molar-refractivity contribution >= 4 is 5.78 Å². The maximum absolute atomic E-state index is 11.3. The van der Waals surface area contributed by atoms with Crippen molar-refractivity contribution < 1.29 is 9.53 Å². The molecule has 1 aliphatic rings. The first-order valence-corrected chi connectivity index (χ1v) is 3.67. The lowest BCUT2D eigenvalue weighted by Crippen LogP contribution is -2.28. The zero-order valence-corrected chi connectivity index (χ0v) is 6.97. The van der Waals surface area contributed by atoms with Crippen LogP contribution in [0.15, 0.2) is 0 Å². The summed E-state index contributed by atoms with van der Waals surface area (Å²) in [5.41, 5.74) is -0.543. The van der Waals surface area contributed by atoms with Gasteiger partial charge in [-0.25, -0.2) is 0 Å². The van der Waals surface area contributed by atoms with Crippen molar-refractivity contribution in [3.63, 3.8) is 0 Å². The summed E-state index contributed by atoms with van der Waals surface area (Å²) in [7, 11) is 0. The van der Waals surface area contributed by atoms with E-state index in [4.69, 9.17) is 4.74 Å². The summed E-state index contributed by atoms with van der Waals surface area (Å²) < 4.78 is 5.42. The number of carbonyl (C=O) groups is 1. The van der Waals surface area contributed by atoms with Crippen molar-refractivity contribution in [1.29, 1.82) is 0 Å². The number of hydrogen-bond donors (Lipinski definition) is 0. The van der Waals surface area contributed by atoms with E-state index in [1.54, 1.807) is 0 Å². The van der Waals surface area contributed by atoms with E-state index in [9.17, 15) is 4.79 Å². The minimum atomic E-state index is -0.543. The molecule has 0 bridgehead atoms. The van der Waals surface area contributed by atoms with E-state index in [0.717, 1.165) is 0 Å². The molecule has 1 saturated heterocycles. The Morgan fingerprint density at radius 1 is 1.40 bits per heavy atom. The van der Waals surface area contributed by atoms with E-state index in [-0.39, 0.29) is 17.8 Å². The van der Waals surface area contributed by atoms with Crippen LogP contribution < -0.4 is 0 Å². The normalized spacial score (nSPS) is 38.6. The molecule has 0 aromatic carbocycles. The van der Waals surface area contributed by atoms with E-state index in [2.05, 4.69) is 0 Å². The third kappa shape index (κ3) is 0.966. The molecule has 0 aliphatic carbocycles. The summed E-state index contributed by atoms with van der Waals surface area (Å²) >= 11 is 0. The fourth-order valence-corrected chi connectivity index (χ4v) is 1.39. The van der Waals surface area contributed by atoms with E-state index in [1.807, 2.05) is 27.7 Å². The van der Waals surface area contributed by atoms with Crippen LogP contribution in [0.2, 0.25) is 0 Å². The number of ketones is 1. The summed E-state index contributed by atoms with van der Waals surface area (Å²) in [6.45, 7) is 7.52. The molecule has 0 radical (unpaired) electrons. The van der Waals surface area contributed by atoms with Crippen LogP contribution in [0.1, 0.15) is 27.7 Å². The second-order valence-electron chi connectivity index (χ2n) is 3.49. The first kappa shape index (κ1) is 7.73. The zero-order valence-electron chi connectivity index (χ0n) is 6.97. The highest BCUT2D eigenvalue weighted by Crippen LogP contribution is 2.30. The van der Waals surface area contributed by atoms with Gasteiger partial charge >= 0.3 is 0 Å². The average molecular weight is 142 g/mol. The van der Waals surface area contributed by atoms with Gasteiger partial charge < -0.3 is 4.74 Å². The molecule has 1 fully saturated rings. The van der Waals surface area contributed by atoms with Crippen molar-refractivity contribution in [2.45, 2.75) is 39.4 Å². The van der Waals surface area contributed by atoms with Gasteiger partial charge in [0.1, 0.15) is 5.60 Å². The van der Waals surface area contributed by atoms with E-state index in [1.165, 1.54) is 0 Å². The Hall–Kier alpha value is -0.370. The van der Waals surface area contributed by atoms with Crippen LogP contribution in [0.5, 0.6) is 0 Å². The number of rotatable bonds is 0. The maximum atomic E-state index is 11.3. The van der Waals surface area contributed by atoms with Gasteiger partial charge in [-0.05, 0) is 20.8 Å². The van der Waals surface area contributed by atoms with Crippen molar-refractivity contribution in [2.75, 3.05) is 0 Å². The maximum Gasteiger partial charge on any atom is 0.169 e. The molecule has 10 heavy (non-hydrogen) atoms. The number of carbonyl (C=O) groups excluding carboxylic acids is 1. The van der Waals surface area contributed by atoms with Gasteiger partial charge in [0.2, 0.25) is 0 Å². The van der Waals surface area contributed by atoms with Crippen LogP contribution >= 0.6 is 0 Å². The summed E-state index contributed by atoms with van der Waals surface area (Å²) in [5.74, 6) is 0.287. The minimum absolute atomic E-state index is 0.0648. The molecule has 1 unspecified atom stereocenters.